The highest BCUT2D eigenvalue weighted by atomic mass is 17.2. The standard InChI is InChI=1S/C41H56O9/c1-36-14-10-24(42)18-22(36)6-8-26-28-12-16-38(3,39(28,4)20-30(44)32(26)36)34(46)49-50-35(47)41(48)17-13-29-27-9-7-23-19-25(43)11-15-37(23,2)33(27)31(45)21-40(29,41)5/h18-19,26-33,44-45,48H,6-17,20-21H2,1-5H3/t26?,27?,28?,29?,30-,31-,32?,33?,36-,37-,38+,39-,40-,41-/m0/s1. The average Bonchev–Trinajstić information content (AvgIpc) is 3.49. The molecule has 274 valence electrons. The summed E-state index contributed by atoms with van der Waals surface area (Å²) in [7, 11) is 0. The molecule has 0 spiro atoms. The van der Waals surface area contributed by atoms with Gasteiger partial charge in [-0.05, 0) is 148 Å². The van der Waals surface area contributed by atoms with Crippen molar-refractivity contribution < 1.29 is 44.3 Å². The van der Waals surface area contributed by atoms with E-state index in [9.17, 15) is 34.5 Å². The van der Waals surface area contributed by atoms with Crippen molar-refractivity contribution in [3.63, 3.8) is 0 Å². The molecule has 0 aromatic carbocycles. The maximum atomic E-state index is 14.1. The second-order valence-electron chi connectivity index (χ2n) is 19.2. The summed E-state index contributed by atoms with van der Waals surface area (Å²) in [6.45, 7) is 10.2. The van der Waals surface area contributed by atoms with Crippen LogP contribution in [0.5, 0.6) is 0 Å². The smallest absolute Gasteiger partial charge is 0.387 e. The molecular formula is C41H56O9. The van der Waals surface area contributed by atoms with Crippen LogP contribution in [0.4, 0.5) is 0 Å². The SMILES string of the molecule is C[C@]12CCC(=O)C=C1CCC1C2[C@@H](O)C[C@@]2(C)C1CC[C@]2(C)C(=O)OOC(=O)[C@@]1(O)CCC2C3CCC4=CC(=O)CC[C@]4(C)C3[C@@H](O)C[C@@]21C. The fourth-order valence-electron chi connectivity index (χ4n) is 14.5. The fraction of sp³-hybridized carbons (Fsp3) is 0.805. The summed E-state index contributed by atoms with van der Waals surface area (Å²) in [5, 5.41) is 35.7. The average molecular weight is 693 g/mol. The quantitative estimate of drug-likeness (QED) is 0.244. The molecule has 9 nitrogen and oxygen atoms in total. The predicted molar refractivity (Wildman–Crippen MR) is 181 cm³/mol. The summed E-state index contributed by atoms with van der Waals surface area (Å²) in [5.41, 5.74) is -2.71. The minimum Gasteiger partial charge on any atom is -0.393 e. The number of carbonyl (C=O) groups is 4. The molecule has 0 radical (unpaired) electrons. The summed E-state index contributed by atoms with van der Waals surface area (Å²) in [5.74, 6) is -0.905. The van der Waals surface area contributed by atoms with E-state index in [2.05, 4.69) is 20.8 Å². The highest BCUT2D eigenvalue weighted by Crippen LogP contribution is 2.71. The zero-order valence-corrected chi connectivity index (χ0v) is 30.5. The number of fused-ring (bicyclic) bond motifs is 10. The third kappa shape index (κ3) is 4.35. The number of aliphatic hydroxyl groups is 3. The van der Waals surface area contributed by atoms with E-state index in [1.54, 1.807) is 6.08 Å². The van der Waals surface area contributed by atoms with Crippen molar-refractivity contribution >= 4 is 23.5 Å². The lowest BCUT2D eigenvalue weighted by Crippen LogP contribution is -2.62. The molecule has 6 fully saturated rings. The maximum Gasteiger partial charge on any atom is 0.387 e. The Kier molecular flexibility index (Phi) is 7.69. The molecule has 8 aliphatic rings. The Balaban J connectivity index is 0.981. The van der Waals surface area contributed by atoms with Gasteiger partial charge in [0.15, 0.2) is 17.2 Å². The molecule has 14 atom stereocenters. The second kappa shape index (κ2) is 11.1. The Morgan fingerprint density at radius 1 is 0.640 bits per heavy atom. The minimum absolute atomic E-state index is 0.0237. The summed E-state index contributed by atoms with van der Waals surface area (Å²) in [4.78, 5) is 63.3. The maximum absolute atomic E-state index is 14.1. The van der Waals surface area contributed by atoms with Crippen LogP contribution in [0.1, 0.15) is 125 Å². The molecule has 6 saturated carbocycles. The first-order valence-corrected chi connectivity index (χ1v) is 19.4. The van der Waals surface area contributed by atoms with Crippen LogP contribution in [0, 0.1) is 62.6 Å². The van der Waals surface area contributed by atoms with Crippen LogP contribution in [0.2, 0.25) is 0 Å². The topological polar surface area (TPSA) is 147 Å². The van der Waals surface area contributed by atoms with Gasteiger partial charge in [-0.25, -0.2) is 19.4 Å². The molecule has 9 heteroatoms. The highest BCUT2D eigenvalue weighted by Gasteiger charge is 2.71. The Hall–Kier alpha value is -2.36. The van der Waals surface area contributed by atoms with Gasteiger partial charge in [0.2, 0.25) is 0 Å². The van der Waals surface area contributed by atoms with Gasteiger partial charge < -0.3 is 15.3 Å². The fourth-order valence-corrected chi connectivity index (χ4v) is 14.5. The summed E-state index contributed by atoms with van der Waals surface area (Å²) in [6, 6.07) is 0. The molecule has 8 aliphatic carbocycles. The first-order valence-electron chi connectivity index (χ1n) is 19.4. The summed E-state index contributed by atoms with van der Waals surface area (Å²) < 4.78 is 0. The number of aliphatic hydroxyl groups excluding tert-OH is 2. The van der Waals surface area contributed by atoms with Gasteiger partial charge in [0.1, 0.15) is 0 Å². The van der Waals surface area contributed by atoms with E-state index < -0.39 is 46.0 Å². The van der Waals surface area contributed by atoms with Gasteiger partial charge in [-0.15, -0.1) is 0 Å². The lowest BCUT2D eigenvalue weighted by atomic mass is 9.44. The zero-order chi connectivity index (χ0) is 35.8. The van der Waals surface area contributed by atoms with Crippen molar-refractivity contribution in [2.24, 2.45) is 62.6 Å². The van der Waals surface area contributed by atoms with E-state index in [4.69, 9.17) is 9.78 Å². The zero-order valence-electron chi connectivity index (χ0n) is 30.5. The van der Waals surface area contributed by atoms with E-state index in [1.165, 1.54) is 0 Å². The van der Waals surface area contributed by atoms with Crippen molar-refractivity contribution in [3.05, 3.63) is 23.3 Å². The third-order valence-electron chi connectivity index (χ3n) is 17.5. The number of rotatable bonds is 2. The molecule has 0 aromatic heterocycles. The highest BCUT2D eigenvalue weighted by molar-refractivity contribution is 5.92. The van der Waals surface area contributed by atoms with Crippen molar-refractivity contribution in [2.45, 2.75) is 142 Å². The molecule has 6 unspecified atom stereocenters. The predicted octanol–water partition coefficient (Wildman–Crippen LogP) is 5.73. The molecule has 0 aromatic rings. The van der Waals surface area contributed by atoms with Crippen molar-refractivity contribution in [3.8, 4) is 0 Å². The van der Waals surface area contributed by atoms with Gasteiger partial charge in [-0.1, -0.05) is 38.8 Å². The van der Waals surface area contributed by atoms with Gasteiger partial charge in [0.05, 0.1) is 17.6 Å². The molecular weight excluding hydrogens is 636 g/mol. The van der Waals surface area contributed by atoms with Gasteiger partial charge in [-0.3, -0.25) is 9.59 Å². The van der Waals surface area contributed by atoms with Crippen molar-refractivity contribution in [1.29, 1.82) is 0 Å². The van der Waals surface area contributed by atoms with E-state index in [0.29, 0.717) is 38.5 Å². The van der Waals surface area contributed by atoms with Gasteiger partial charge in [0.25, 0.3) is 0 Å². The number of ketones is 2. The molecule has 0 saturated heterocycles. The Bertz CT molecular complexity index is 1480. The number of hydrogen-bond acceptors (Lipinski definition) is 9. The first-order chi connectivity index (χ1) is 23.4. The number of allylic oxidation sites excluding steroid dienone is 2. The van der Waals surface area contributed by atoms with Gasteiger partial charge in [0, 0.05) is 18.3 Å². The van der Waals surface area contributed by atoms with Crippen LogP contribution >= 0.6 is 0 Å². The number of hydrogen-bond donors (Lipinski definition) is 3. The Morgan fingerprint density at radius 3 is 1.64 bits per heavy atom. The van der Waals surface area contributed by atoms with Crippen LogP contribution in [0.25, 0.3) is 0 Å². The van der Waals surface area contributed by atoms with Crippen molar-refractivity contribution in [2.75, 3.05) is 0 Å². The minimum atomic E-state index is -1.93. The molecule has 50 heavy (non-hydrogen) atoms. The lowest BCUT2D eigenvalue weighted by molar-refractivity contribution is -0.289. The molecule has 0 amide bonds. The van der Waals surface area contributed by atoms with Crippen LogP contribution in [0.15, 0.2) is 23.3 Å². The van der Waals surface area contributed by atoms with E-state index in [0.717, 1.165) is 49.7 Å². The molecule has 0 bridgehead atoms. The van der Waals surface area contributed by atoms with Gasteiger partial charge >= 0.3 is 11.9 Å². The normalized spacial score (nSPS) is 52.2. The molecule has 0 aliphatic heterocycles. The summed E-state index contributed by atoms with van der Waals surface area (Å²) >= 11 is 0. The van der Waals surface area contributed by atoms with Crippen molar-refractivity contribution in [1.82, 2.24) is 0 Å². The monoisotopic (exact) mass is 692 g/mol. The lowest BCUT2D eigenvalue weighted by Gasteiger charge is -2.60. The summed E-state index contributed by atoms with van der Waals surface area (Å²) in [6.07, 6.45) is 10.6. The second-order valence-corrected chi connectivity index (χ2v) is 19.2. The van der Waals surface area contributed by atoms with E-state index in [1.807, 2.05) is 19.9 Å². The third-order valence-corrected chi connectivity index (χ3v) is 17.5. The van der Waals surface area contributed by atoms with Gasteiger partial charge in [-0.2, -0.15) is 0 Å². The Morgan fingerprint density at radius 2 is 1.10 bits per heavy atom. The van der Waals surface area contributed by atoms with Crippen LogP contribution in [-0.2, 0) is 29.0 Å². The Labute approximate surface area is 295 Å². The van der Waals surface area contributed by atoms with E-state index in [-0.39, 0.29) is 70.7 Å². The van der Waals surface area contributed by atoms with E-state index >= 15 is 0 Å². The van der Waals surface area contributed by atoms with Crippen LogP contribution in [-0.4, -0.2) is 56.6 Å². The largest absolute Gasteiger partial charge is 0.393 e. The van der Waals surface area contributed by atoms with Crippen LogP contribution in [0.3, 0.4) is 0 Å². The molecule has 8 rings (SSSR count). The molecule has 0 heterocycles. The number of carbonyl (C=O) groups excluding carboxylic acids is 4. The molecule has 3 N–H and O–H groups in total. The van der Waals surface area contributed by atoms with Crippen LogP contribution < -0.4 is 0 Å². The first kappa shape index (κ1) is 34.7.